The number of nitrogens with one attached hydrogen (secondary N) is 1. The summed E-state index contributed by atoms with van der Waals surface area (Å²) < 4.78 is 20.3. The lowest BCUT2D eigenvalue weighted by Gasteiger charge is -2.11. The number of fused-ring (bicyclic) bond motifs is 1. The number of ether oxygens (including phenoxy) is 1. The van der Waals surface area contributed by atoms with Crippen LogP contribution >= 0.6 is 0 Å². The fraction of sp³-hybridized carbons (Fsp3) is 0.158. The molecular weight excluding hydrogens is 323 g/mol. The second-order valence-electron chi connectivity index (χ2n) is 5.52. The van der Waals surface area contributed by atoms with E-state index in [2.05, 4.69) is 10.1 Å². The highest BCUT2D eigenvalue weighted by Gasteiger charge is 2.17. The third kappa shape index (κ3) is 3.52. The van der Waals surface area contributed by atoms with Crippen LogP contribution in [0.4, 0.5) is 4.39 Å². The molecule has 3 rings (SSSR count). The predicted molar refractivity (Wildman–Crippen MR) is 91.8 cm³/mol. The van der Waals surface area contributed by atoms with Crippen molar-refractivity contribution in [3.05, 3.63) is 71.7 Å². The minimum atomic E-state index is -0.537. The second kappa shape index (κ2) is 7.17. The van der Waals surface area contributed by atoms with Gasteiger partial charge in [0.25, 0.3) is 5.91 Å². The number of nitrogens with zero attached hydrogens (tertiary/aromatic N) is 1. The van der Waals surface area contributed by atoms with Gasteiger partial charge in [0, 0.05) is 16.5 Å². The van der Waals surface area contributed by atoms with Crippen LogP contribution in [0, 0.1) is 5.82 Å². The molecule has 0 radical (unpaired) electrons. The number of hydrogen-bond acceptors (Lipinski definition) is 3. The average Bonchev–Trinajstić information content (AvgIpc) is 3.00. The summed E-state index contributed by atoms with van der Waals surface area (Å²) in [4.78, 5) is 23.7. The molecule has 0 saturated carbocycles. The van der Waals surface area contributed by atoms with Crippen molar-refractivity contribution in [2.45, 2.75) is 6.54 Å². The first-order valence-corrected chi connectivity index (χ1v) is 7.77. The molecule has 0 spiro atoms. The molecule has 0 aliphatic carbocycles. The van der Waals surface area contributed by atoms with E-state index in [1.165, 1.54) is 13.2 Å². The molecular formula is C19H17FN2O3. The summed E-state index contributed by atoms with van der Waals surface area (Å²) in [5.41, 5.74) is 1.65. The monoisotopic (exact) mass is 340 g/mol. The van der Waals surface area contributed by atoms with Gasteiger partial charge < -0.3 is 14.6 Å². The lowest BCUT2D eigenvalue weighted by atomic mass is 10.2. The topological polar surface area (TPSA) is 60.3 Å². The normalized spacial score (nSPS) is 10.6. The molecule has 1 aromatic heterocycles. The van der Waals surface area contributed by atoms with E-state index in [0.29, 0.717) is 11.3 Å². The maximum atomic E-state index is 14.0. The van der Waals surface area contributed by atoms with Gasteiger partial charge in [0.05, 0.1) is 13.7 Å². The summed E-state index contributed by atoms with van der Waals surface area (Å²) in [6.07, 6.45) is 0. The van der Waals surface area contributed by atoms with Crippen molar-refractivity contribution in [1.29, 1.82) is 0 Å². The Morgan fingerprint density at radius 3 is 2.60 bits per heavy atom. The fourth-order valence-electron chi connectivity index (χ4n) is 2.68. The van der Waals surface area contributed by atoms with E-state index in [1.54, 1.807) is 28.8 Å². The van der Waals surface area contributed by atoms with Gasteiger partial charge in [0.15, 0.2) is 0 Å². The molecule has 0 aliphatic heterocycles. The Bertz CT molecular complexity index is 933. The van der Waals surface area contributed by atoms with Crippen LogP contribution in [0.5, 0.6) is 0 Å². The second-order valence-corrected chi connectivity index (χ2v) is 5.52. The lowest BCUT2D eigenvalue weighted by Crippen LogP contribution is -2.31. The highest BCUT2D eigenvalue weighted by molar-refractivity contribution is 5.99. The number of amides is 1. The summed E-state index contributed by atoms with van der Waals surface area (Å²) >= 11 is 0. The van der Waals surface area contributed by atoms with Crippen LogP contribution in [0.2, 0.25) is 0 Å². The molecule has 1 heterocycles. The summed E-state index contributed by atoms with van der Waals surface area (Å²) in [6, 6.07) is 15.6. The number of halogens is 1. The number of aromatic nitrogens is 1. The molecule has 25 heavy (non-hydrogen) atoms. The third-order valence-electron chi connectivity index (χ3n) is 3.95. The van der Waals surface area contributed by atoms with Crippen molar-refractivity contribution in [2.75, 3.05) is 13.7 Å². The van der Waals surface area contributed by atoms with Gasteiger partial charge in [-0.3, -0.25) is 9.59 Å². The van der Waals surface area contributed by atoms with E-state index in [0.717, 1.165) is 10.9 Å². The van der Waals surface area contributed by atoms with Crippen molar-refractivity contribution in [3.8, 4) is 0 Å². The molecule has 1 amide bonds. The Balaban J connectivity index is 1.99. The minimum Gasteiger partial charge on any atom is -0.468 e. The number of methoxy groups -OCH3 is 1. The first-order valence-electron chi connectivity index (χ1n) is 7.77. The molecule has 0 bridgehead atoms. The fourth-order valence-corrected chi connectivity index (χ4v) is 2.68. The van der Waals surface area contributed by atoms with Crippen LogP contribution in [-0.4, -0.2) is 30.1 Å². The molecule has 0 saturated heterocycles. The summed E-state index contributed by atoms with van der Waals surface area (Å²) in [7, 11) is 1.25. The van der Waals surface area contributed by atoms with Gasteiger partial charge in [0.2, 0.25) is 0 Å². The van der Waals surface area contributed by atoms with E-state index in [1.807, 2.05) is 24.3 Å². The Morgan fingerprint density at radius 1 is 1.12 bits per heavy atom. The average molecular weight is 340 g/mol. The van der Waals surface area contributed by atoms with Crippen LogP contribution in [0.15, 0.2) is 54.6 Å². The van der Waals surface area contributed by atoms with Crippen molar-refractivity contribution < 1.29 is 18.7 Å². The zero-order valence-corrected chi connectivity index (χ0v) is 13.7. The summed E-state index contributed by atoms with van der Waals surface area (Å²) in [5, 5.41) is 3.39. The maximum absolute atomic E-state index is 14.0. The van der Waals surface area contributed by atoms with E-state index >= 15 is 0 Å². The molecule has 0 unspecified atom stereocenters. The van der Waals surface area contributed by atoms with Gasteiger partial charge in [-0.05, 0) is 18.2 Å². The number of carbonyl (C=O) groups excluding carboxylic acids is 2. The van der Waals surface area contributed by atoms with Crippen molar-refractivity contribution in [2.24, 2.45) is 0 Å². The van der Waals surface area contributed by atoms with E-state index < -0.39 is 11.9 Å². The SMILES string of the molecule is COC(=O)CNC(=O)c1cc2ccccc2n1Cc1ccccc1F. The Hall–Kier alpha value is -3.15. The van der Waals surface area contributed by atoms with Gasteiger partial charge in [0.1, 0.15) is 18.1 Å². The summed E-state index contributed by atoms with van der Waals surface area (Å²) in [5.74, 6) is -1.29. The lowest BCUT2D eigenvalue weighted by molar-refractivity contribution is -0.139. The van der Waals surface area contributed by atoms with E-state index in [4.69, 9.17) is 0 Å². The van der Waals surface area contributed by atoms with E-state index in [9.17, 15) is 14.0 Å². The molecule has 2 aromatic carbocycles. The van der Waals surface area contributed by atoms with Crippen molar-refractivity contribution in [1.82, 2.24) is 9.88 Å². The van der Waals surface area contributed by atoms with Crippen LogP contribution in [0.3, 0.4) is 0 Å². The number of para-hydroxylation sites is 1. The minimum absolute atomic E-state index is 0.209. The smallest absolute Gasteiger partial charge is 0.325 e. The Labute approximate surface area is 144 Å². The van der Waals surface area contributed by atoms with Gasteiger partial charge in [-0.25, -0.2) is 4.39 Å². The number of rotatable bonds is 5. The Morgan fingerprint density at radius 2 is 1.84 bits per heavy atom. The van der Waals surface area contributed by atoms with Gasteiger partial charge >= 0.3 is 5.97 Å². The molecule has 0 atom stereocenters. The van der Waals surface area contributed by atoms with Gasteiger partial charge in [-0.15, -0.1) is 0 Å². The first-order chi connectivity index (χ1) is 12.1. The largest absolute Gasteiger partial charge is 0.468 e. The van der Waals surface area contributed by atoms with Crippen molar-refractivity contribution in [3.63, 3.8) is 0 Å². The van der Waals surface area contributed by atoms with Crippen LogP contribution in [0.1, 0.15) is 16.1 Å². The molecule has 0 aliphatic rings. The number of carbonyl (C=O) groups is 2. The Kier molecular flexibility index (Phi) is 4.79. The first kappa shape index (κ1) is 16.7. The third-order valence-corrected chi connectivity index (χ3v) is 3.95. The highest BCUT2D eigenvalue weighted by atomic mass is 19.1. The van der Waals surface area contributed by atoms with Crippen molar-refractivity contribution >= 4 is 22.8 Å². The van der Waals surface area contributed by atoms with Crippen LogP contribution in [0.25, 0.3) is 10.9 Å². The predicted octanol–water partition coefficient (Wildman–Crippen LogP) is 2.73. The van der Waals surface area contributed by atoms with E-state index in [-0.39, 0.29) is 18.9 Å². The standard InChI is InChI=1S/C19H17FN2O3/c1-25-18(23)11-21-19(24)17-10-13-6-3-5-9-16(13)22(17)12-14-7-2-4-8-15(14)20/h2-10H,11-12H2,1H3,(H,21,24). The number of hydrogen-bond donors (Lipinski definition) is 1. The maximum Gasteiger partial charge on any atom is 0.325 e. The molecule has 6 heteroatoms. The molecule has 128 valence electrons. The molecule has 3 aromatic rings. The van der Waals surface area contributed by atoms with Gasteiger partial charge in [-0.1, -0.05) is 36.4 Å². The molecule has 0 fully saturated rings. The number of benzene rings is 2. The molecule has 5 nitrogen and oxygen atoms in total. The highest BCUT2D eigenvalue weighted by Crippen LogP contribution is 2.22. The molecule has 1 N–H and O–H groups in total. The summed E-state index contributed by atoms with van der Waals surface area (Å²) in [6.45, 7) is -0.0161. The van der Waals surface area contributed by atoms with Gasteiger partial charge in [-0.2, -0.15) is 0 Å². The number of esters is 1. The van der Waals surface area contributed by atoms with Crippen LogP contribution < -0.4 is 5.32 Å². The quantitative estimate of drug-likeness (QED) is 0.727. The zero-order valence-electron chi connectivity index (χ0n) is 13.7. The van der Waals surface area contributed by atoms with Crippen LogP contribution in [-0.2, 0) is 16.1 Å². The zero-order chi connectivity index (χ0) is 17.8.